The summed E-state index contributed by atoms with van der Waals surface area (Å²) in [6.45, 7) is 1.51. The maximum Gasteiger partial charge on any atom is 0.351 e. The van der Waals surface area contributed by atoms with Crippen LogP contribution >= 0.6 is 11.6 Å². The molecule has 1 N–H and O–H groups in total. The quantitative estimate of drug-likeness (QED) is 0.847. The average Bonchev–Trinajstić information content (AvgIpc) is 2.61. The zero-order valence-electron chi connectivity index (χ0n) is 13.4. The predicted molar refractivity (Wildman–Crippen MR) is 92.0 cm³/mol. The first kappa shape index (κ1) is 17.1. The van der Waals surface area contributed by atoms with Crippen molar-refractivity contribution in [2.24, 2.45) is 0 Å². The molecule has 0 bridgehead atoms. The van der Waals surface area contributed by atoms with Crippen LogP contribution in [0.15, 0.2) is 48.5 Å². The first-order valence-electron chi connectivity index (χ1n) is 7.68. The number of para-hydroxylation sites is 2. The van der Waals surface area contributed by atoms with Crippen molar-refractivity contribution in [1.82, 2.24) is 0 Å². The summed E-state index contributed by atoms with van der Waals surface area (Å²) < 4.78 is 16.2. The number of hydrogen-bond donors (Lipinski definition) is 1. The third-order valence-electron chi connectivity index (χ3n) is 3.53. The van der Waals surface area contributed by atoms with Crippen LogP contribution in [0, 0.1) is 0 Å². The highest BCUT2D eigenvalue weighted by atomic mass is 35.5. The normalized spacial score (nSPS) is 16.6. The topological polar surface area (TPSA) is 73.9 Å². The molecule has 0 saturated carbocycles. The summed E-state index contributed by atoms with van der Waals surface area (Å²) in [5.74, 6) is -0.0963. The molecule has 2 atom stereocenters. The maximum atomic E-state index is 12.2. The van der Waals surface area contributed by atoms with Crippen LogP contribution in [0.5, 0.6) is 11.5 Å². The number of nitrogens with one attached hydrogen (secondary N) is 1. The molecule has 6 nitrogen and oxygen atoms in total. The van der Waals surface area contributed by atoms with Gasteiger partial charge in [0, 0.05) is 10.7 Å². The van der Waals surface area contributed by atoms with Gasteiger partial charge in [0.15, 0.2) is 17.6 Å². The van der Waals surface area contributed by atoms with E-state index in [9.17, 15) is 9.59 Å². The molecule has 2 aromatic carbocycles. The van der Waals surface area contributed by atoms with Crippen molar-refractivity contribution in [3.63, 3.8) is 0 Å². The highest BCUT2D eigenvalue weighted by Crippen LogP contribution is 2.31. The zero-order chi connectivity index (χ0) is 17.8. The van der Waals surface area contributed by atoms with Crippen LogP contribution in [-0.4, -0.2) is 30.7 Å². The van der Waals surface area contributed by atoms with Crippen molar-refractivity contribution in [2.45, 2.75) is 19.1 Å². The lowest BCUT2D eigenvalue weighted by Gasteiger charge is -2.25. The molecule has 130 valence electrons. The third-order valence-corrected chi connectivity index (χ3v) is 3.76. The number of ether oxygens (including phenoxy) is 3. The van der Waals surface area contributed by atoms with Crippen molar-refractivity contribution < 1.29 is 23.8 Å². The molecular formula is C18H16ClNO5. The van der Waals surface area contributed by atoms with E-state index < -0.39 is 24.1 Å². The first-order chi connectivity index (χ1) is 12.0. The van der Waals surface area contributed by atoms with E-state index in [1.165, 1.54) is 6.92 Å². The molecule has 0 saturated heterocycles. The zero-order valence-corrected chi connectivity index (χ0v) is 14.2. The molecule has 1 amide bonds. The predicted octanol–water partition coefficient (Wildman–Crippen LogP) is 3.05. The summed E-state index contributed by atoms with van der Waals surface area (Å²) in [5.41, 5.74) is 0.520. The van der Waals surface area contributed by atoms with Gasteiger partial charge in [-0.2, -0.15) is 0 Å². The Morgan fingerprint density at radius 2 is 1.96 bits per heavy atom. The van der Waals surface area contributed by atoms with Gasteiger partial charge in [-0.15, -0.1) is 0 Å². The summed E-state index contributed by atoms with van der Waals surface area (Å²) in [6, 6.07) is 13.7. The van der Waals surface area contributed by atoms with Gasteiger partial charge in [0.25, 0.3) is 5.91 Å². The molecule has 1 aliphatic heterocycles. The fraction of sp³-hybridized carbons (Fsp3) is 0.222. The lowest BCUT2D eigenvalue weighted by Crippen LogP contribution is -2.41. The van der Waals surface area contributed by atoms with Crippen LogP contribution in [0.1, 0.15) is 6.92 Å². The van der Waals surface area contributed by atoms with Gasteiger partial charge in [-0.3, -0.25) is 4.79 Å². The molecule has 0 aliphatic carbocycles. The van der Waals surface area contributed by atoms with Crippen molar-refractivity contribution in [3.8, 4) is 11.5 Å². The van der Waals surface area contributed by atoms with E-state index in [-0.39, 0.29) is 6.61 Å². The number of carbonyl (C=O) groups excluding carboxylic acids is 2. The summed E-state index contributed by atoms with van der Waals surface area (Å²) in [6.07, 6.45) is -1.91. The van der Waals surface area contributed by atoms with Crippen molar-refractivity contribution in [1.29, 1.82) is 0 Å². The van der Waals surface area contributed by atoms with Gasteiger partial charge in [0.2, 0.25) is 6.10 Å². The van der Waals surface area contributed by atoms with Gasteiger partial charge < -0.3 is 19.5 Å². The summed E-state index contributed by atoms with van der Waals surface area (Å²) in [5, 5.41) is 3.13. The maximum absolute atomic E-state index is 12.2. The second-order valence-corrected chi connectivity index (χ2v) is 5.88. The van der Waals surface area contributed by atoms with E-state index in [0.717, 1.165) is 0 Å². The van der Waals surface area contributed by atoms with E-state index >= 15 is 0 Å². The van der Waals surface area contributed by atoms with E-state index in [2.05, 4.69) is 5.32 Å². The Hall–Kier alpha value is -2.73. The Labute approximate surface area is 149 Å². The van der Waals surface area contributed by atoms with Crippen LogP contribution in [0.2, 0.25) is 5.02 Å². The Morgan fingerprint density at radius 3 is 2.72 bits per heavy atom. The molecule has 0 unspecified atom stereocenters. The van der Waals surface area contributed by atoms with Crippen LogP contribution in [0.4, 0.5) is 5.69 Å². The highest BCUT2D eigenvalue weighted by Gasteiger charge is 2.31. The van der Waals surface area contributed by atoms with E-state index in [1.807, 2.05) is 6.07 Å². The molecule has 25 heavy (non-hydrogen) atoms. The minimum atomic E-state index is -0.993. The number of rotatable bonds is 4. The SMILES string of the molecule is C[C@H](OC(=O)[C@H]1COc2ccccc2O1)C(=O)Nc1cccc(Cl)c1. The summed E-state index contributed by atoms with van der Waals surface area (Å²) in [4.78, 5) is 24.3. The molecule has 7 heteroatoms. The smallest absolute Gasteiger partial charge is 0.351 e. The average molecular weight is 362 g/mol. The second-order valence-electron chi connectivity index (χ2n) is 5.44. The van der Waals surface area contributed by atoms with Gasteiger partial charge in [-0.25, -0.2) is 4.79 Å². The number of benzene rings is 2. The van der Waals surface area contributed by atoms with Crippen molar-refractivity contribution in [2.75, 3.05) is 11.9 Å². The number of amides is 1. The summed E-state index contributed by atoms with van der Waals surface area (Å²) >= 11 is 5.87. The van der Waals surface area contributed by atoms with E-state index in [4.69, 9.17) is 25.8 Å². The lowest BCUT2D eigenvalue weighted by atomic mass is 10.2. The number of fused-ring (bicyclic) bond motifs is 1. The molecule has 1 heterocycles. The highest BCUT2D eigenvalue weighted by molar-refractivity contribution is 6.30. The number of carbonyl (C=O) groups is 2. The number of anilines is 1. The molecule has 0 radical (unpaired) electrons. The number of halogens is 1. The Balaban J connectivity index is 1.56. The van der Waals surface area contributed by atoms with Gasteiger partial charge in [0.05, 0.1) is 0 Å². The lowest BCUT2D eigenvalue weighted by molar-refractivity contribution is -0.162. The number of hydrogen-bond acceptors (Lipinski definition) is 5. The van der Waals surface area contributed by atoms with Crippen molar-refractivity contribution >= 4 is 29.2 Å². The molecule has 0 aromatic heterocycles. The molecule has 1 aliphatic rings. The fourth-order valence-corrected chi connectivity index (χ4v) is 2.44. The summed E-state index contributed by atoms with van der Waals surface area (Å²) in [7, 11) is 0. The van der Waals surface area contributed by atoms with E-state index in [1.54, 1.807) is 42.5 Å². The fourth-order valence-electron chi connectivity index (χ4n) is 2.25. The first-order valence-corrected chi connectivity index (χ1v) is 8.06. The Bertz CT molecular complexity index is 795. The van der Waals surface area contributed by atoms with Crippen molar-refractivity contribution in [3.05, 3.63) is 53.6 Å². The Morgan fingerprint density at radius 1 is 1.20 bits per heavy atom. The molecule has 0 spiro atoms. The van der Waals surface area contributed by atoms with Gasteiger partial charge in [-0.1, -0.05) is 29.8 Å². The standard InChI is InChI=1S/C18H16ClNO5/c1-11(17(21)20-13-6-4-5-12(19)9-13)24-18(22)16-10-23-14-7-2-3-8-15(14)25-16/h2-9,11,16H,10H2,1H3,(H,20,21)/t11-,16+/m0/s1. The molecule has 0 fully saturated rings. The Kier molecular flexibility index (Phi) is 5.09. The largest absolute Gasteiger partial charge is 0.485 e. The third kappa shape index (κ3) is 4.22. The van der Waals surface area contributed by atoms with Crippen LogP contribution in [0.25, 0.3) is 0 Å². The van der Waals surface area contributed by atoms with Gasteiger partial charge >= 0.3 is 5.97 Å². The monoisotopic (exact) mass is 361 g/mol. The van der Waals surface area contributed by atoms with Crippen LogP contribution in [-0.2, 0) is 14.3 Å². The van der Waals surface area contributed by atoms with Crippen LogP contribution < -0.4 is 14.8 Å². The van der Waals surface area contributed by atoms with Gasteiger partial charge in [0.1, 0.15) is 6.61 Å². The minimum absolute atomic E-state index is 0.0263. The van der Waals surface area contributed by atoms with Gasteiger partial charge in [-0.05, 0) is 37.3 Å². The molecular weight excluding hydrogens is 346 g/mol. The number of esters is 1. The second kappa shape index (κ2) is 7.44. The van der Waals surface area contributed by atoms with Crippen LogP contribution in [0.3, 0.4) is 0 Å². The molecule has 3 rings (SSSR count). The minimum Gasteiger partial charge on any atom is -0.485 e. The van der Waals surface area contributed by atoms with E-state index in [0.29, 0.717) is 22.2 Å². The molecule has 2 aromatic rings.